The minimum atomic E-state index is 0.293. The van der Waals surface area contributed by atoms with Crippen molar-refractivity contribution in [2.24, 2.45) is 5.92 Å². The standard InChI is InChI=1S/C22H44O/c1-4-6-7-8-9-10-11-12-13-14-15-16-17-18-20-22(23)21(3)19-5-2/h21H,4-20H2,1-3H3. The van der Waals surface area contributed by atoms with E-state index in [1.54, 1.807) is 0 Å². The quantitative estimate of drug-likeness (QED) is 0.234. The Balaban J connectivity index is 3.15. The first kappa shape index (κ1) is 22.7. The van der Waals surface area contributed by atoms with Crippen LogP contribution in [0.15, 0.2) is 0 Å². The molecule has 0 aliphatic carbocycles. The molecule has 0 heterocycles. The van der Waals surface area contributed by atoms with Crippen LogP contribution in [-0.4, -0.2) is 5.78 Å². The highest BCUT2D eigenvalue weighted by Crippen LogP contribution is 2.15. The molecule has 0 N–H and O–H groups in total. The summed E-state index contributed by atoms with van der Waals surface area (Å²) >= 11 is 0. The Hall–Kier alpha value is -0.330. The van der Waals surface area contributed by atoms with Crippen molar-refractivity contribution in [2.75, 3.05) is 0 Å². The Labute approximate surface area is 147 Å². The molecule has 23 heavy (non-hydrogen) atoms. The lowest BCUT2D eigenvalue weighted by molar-refractivity contribution is -0.122. The largest absolute Gasteiger partial charge is 0.299 e. The molecule has 0 saturated heterocycles. The van der Waals surface area contributed by atoms with Crippen molar-refractivity contribution in [1.82, 2.24) is 0 Å². The molecule has 0 spiro atoms. The summed E-state index contributed by atoms with van der Waals surface area (Å²) < 4.78 is 0. The molecule has 0 aromatic carbocycles. The maximum absolute atomic E-state index is 11.9. The minimum Gasteiger partial charge on any atom is -0.299 e. The number of rotatable bonds is 18. The molecule has 0 aromatic rings. The van der Waals surface area contributed by atoms with Crippen LogP contribution < -0.4 is 0 Å². The van der Waals surface area contributed by atoms with Gasteiger partial charge in [0.15, 0.2) is 0 Å². The summed E-state index contributed by atoms with van der Waals surface area (Å²) in [5.41, 5.74) is 0. The maximum atomic E-state index is 11.9. The first-order chi connectivity index (χ1) is 11.2. The van der Waals surface area contributed by atoms with E-state index in [0.717, 1.165) is 25.7 Å². The van der Waals surface area contributed by atoms with Gasteiger partial charge in [0.1, 0.15) is 5.78 Å². The van der Waals surface area contributed by atoms with Gasteiger partial charge >= 0.3 is 0 Å². The zero-order valence-electron chi connectivity index (χ0n) is 16.5. The van der Waals surface area contributed by atoms with Gasteiger partial charge in [-0.1, -0.05) is 111 Å². The third kappa shape index (κ3) is 16.3. The second-order valence-electron chi connectivity index (χ2n) is 7.50. The van der Waals surface area contributed by atoms with Crippen molar-refractivity contribution in [3.8, 4) is 0 Å². The lowest BCUT2D eigenvalue weighted by atomic mass is 9.96. The molecule has 1 atom stereocenters. The Morgan fingerprint density at radius 2 is 1.00 bits per heavy atom. The molecule has 0 amide bonds. The van der Waals surface area contributed by atoms with E-state index in [4.69, 9.17) is 0 Å². The average Bonchev–Trinajstić information content (AvgIpc) is 2.55. The summed E-state index contributed by atoms with van der Waals surface area (Å²) in [7, 11) is 0. The smallest absolute Gasteiger partial charge is 0.135 e. The van der Waals surface area contributed by atoms with Gasteiger partial charge in [0.05, 0.1) is 0 Å². The van der Waals surface area contributed by atoms with E-state index in [1.807, 2.05) is 0 Å². The van der Waals surface area contributed by atoms with Crippen LogP contribution in [0, 0.1) is 5.92 Å². The summed E-state index contributed by atoms with van der Waals surface area (Å²) in [5, 5.41) is 0. The lowest BCUT2D eigenvalue weighted by Crippen LogP contribution is -2.10. The second-order valence-corrected chi connectivity index (χ2v) is 7.50. The molecule has 0 fully saturated rings. The normalized spacial score (nSPS) is 12.5. The third-order valence-electron chi connectivity index (χ3n) is 5.05. The molecule has 0 rings (SSSR count). The Morgan fingerprint density at radius 1 is 0.609 bits per heavy atom. The van der Waals surface area contributed by atoms with E-state index >= 15 is 0 Å². The zero-order chi connectivity index (χ0) is 17.2. The van der Waals surface area contributed by atoms with Crippen LogP contribution in [0.2, 0.25) is 0 Å². The zero-order valence-corrected chi connectivity index (χ0v) is 16.5. The fourth-order valence-electron chi connectivity index (χ4n) is 3.33. The van der Waals surface area contributed by atoms with Crippen LogP contribution in [0.3, 0.4) is 0 Å². The van der Waals surface area contributed by atoms with E-state index in [9.17, 15) is 4.79 Å². The van der Waals surface area contributed by atoms with E-state index in [0.29, 0.717) is 11.7 Å². The number of unbranched alkanes of at least 4 members (excludes halogenated alkanes) is 13. The molecule has 0 radical (unpaired) electrons. The molecular formula is C22H44O. The fourth-order valence-corrected chi connectivity index (χ4v) is 3.33. The molecule has 1 unspecified atom stereocenters. The van der Waals surface area contributed by atoms with Gasteiger partial charge in [0.2, 0.25) is 0 Å². The summed E-state index contributed by atoms with van der Waals surface area (Å²) in [4.78, 5) is 11.9. The fraction of sp³-hybridized carbons (Fsp3) is 0.955. The number of hydrogen-bond acceptors (Lipinski definition) is 1. The molecular weight excluding hydrogens is 280 g/mol. The molecule has 0 saturated carbocycles. The van der Waals surface area contributed by atoms with Crippen molar-refractivity contribution in [2.45, 2.75) is 130 Å². The van der Waals surface area contributed by atoms with E-state index in [2.05, 4.69) is 20.8 Å². The van der Waals surface area contributed by atoms with Crippen LogP contribution in [0.1, 0.15) is 130 Å². The average molecular weight is 325 g/mol. The first-order valence-corrected chi connectivity index (χ1v) is 10.7. The van der Waals surface area contributed by atoms with Gasteiger partial charge in [0, 0.05) is 12.3 Å². The van der Waals surface area contributed by atoms with Crippen molar-refractivity contribution in [3.05, 3.63) is 0 Å². The predicted molar refractivity (Wildman–Crippen MR) is 104 cm³/mol. The lowest BCUT2D eigenvalue weighted by Gasteiger charge is -2.08. The number of hydrogen-bond donors (Lipinski definition) is 0. The molecule has 1 nitrogen and oxygen atoms in total. The highest BCUT2D eigenvalue weighted by Gasteiger charge is 2.10. The Kier molecular flexibility index (Phi) is 17.8. The predicted octanol–water partition coefficient (Wildman–Crippen LogP) is 7.86. The van der Waals surface area contributed by atoms with Crippen molar-refractivity contribution < 1.29 is 4.79 Å². The minimum absolute atomic E-state index is 0.293. The number of Topliss-reactive ketones (excluding diaryl/α,β-unsaturated/α-hetero) is 1. The summed E-state index contributed by atoms with van der Waals surface area (Å²) in [5.74, 6) is 0.785. The number of ketones is 1. The second kappa shape index (κ2) is 18.0. The van der Waals surface area contributed by atoms with E-state index in [-0.39, 0.29) is 0 Å². The van der Waals surface area contributed by atoms with E-state index < -0.39 is 0 Å². The first-order valence-electron chi connectivity index (χ1n) is 10.7. The van der Waals surface area contributed by atoms with Gasteiger partial charge in [-0.3, -0.25) is 4.79 Å². The SMILES string of the molecule is CCCCCCCCCCCCCCCCC(=O)C(C)CCC. The highest BCUT2D eigenvalue weighted by atomic mass is 16.1. The molecule has 0 aliphatic heterocycles. The van der Waals surface area contributed by atoms with Crippen molar-refractivity contribution in [3.63, 3.8) is 0 Å². The number of carbonyl (C=O) groups is 1. The molecule has 138 valence electrons. The monoisotopic (exact) mass is 324 g/mol. The van der Waals surface area contributed by atoms with Crippen LogP contribution in [0.25, 0.3) is 0 Å². The maximum Gasteiger partial charge on any atom is 0.135 e. The van der Waals surface area contributed by atoms with Crippen molar-refractivity contribution >= 4 is 5.78 Å². The highest BCUT2D eigenvalue weighted by molar-refractivity contribution is 5.80. The van der Waals surface area contributed by atoms with Crippen LogP contribution in [-0.2, 0) is 4.79 Å². The number of carbonyl (C=O) groups excluding carboxylic acids is 1. The summed E-state index contributed by atoms with van der Waals surface area (Å²) in [6, 6.07) is 0. The summed E-state index contributed by atoms with van der Waals surface area (Å²) in [6.07, 6.45) is 22.3. The third-order valence-corrected chi connectivity index (χ3v) is 5.05. The molecule has 1 heteroatoms. The topological polar surface area (TPSA) is 17.1 Å². The molecule has 0 aliphatic rings. The molecule has 0 aromatic heterocycles. The van der Waals surface area contributed by atoms with E-state index in [1.165, 1.54) is 83.5 Å². The van der Waals surface area contributed by atoms with Gasteiger partial charge in [0.25, 0.3) is 0 Å². The van der Waals surface area contributed by atoms with Gasteiger partial charge in [-0.15, -0.1) is 0 Å². The summed E-state index contributed by atoms with van der Waals surface area (Å²) in [6.45, 7) is 6.54. The van der Waals surface area contributed by atoms with Gasteiger partial charge in [-0.05, 0) is 12.8 Å². The Morgan fingerprint density at radius 3 is 1.39 bits per heavy atom. The van der Waals surface area contributed by atoms with Crippen LogP contribution in [0.5, 0.6) is 0 Å². The Bertz CT molecular complexity index is 246. The van der Waals surface area contributed by atoms with Crippen LogP contribution in [0.4, 0.5) is 0 Å². The van der Waals surface area contributed by atoms with Crippen molar-refractivity contribution in [1.29, 1.82) is 0 Å². The molecule has 0 bridgehead atoms. The van der Waals surface area contributed by atoms with Gasteiger partial charge in [-0.2, -0.15) is 0 Å². The van der Waals surface area contributed by atoms with Gasteiger partial charge < -0.3 is 0 Å². The van der Waals surface area contributed by atoms with Gasteiger partial charge in [-0.25, -0.2) is 0 Å². The van der Waals surface area contributed by atoms with Crippen LogP contribution >= 0.6 is 0 Å².